The summed E-state index contributed by atoms with van der Waals surface area (Å²) in [7, 11) is -2.56. The molecular formula is C17H32N7OP. The van der Waals surface area contributed by atoms with Crippen LogP contribution < -0.4 is 16.7 Å². The molecule has 1 aromatic heterocycles. The van der Waals surface area contributed by atoms with E-state index in [1.54, 1.807) is 6.20 Å². The van der Waals surface area contributed by atoms with Gasteiger partial charge >= 0.3 is 156 Å². The van der Waals surface area contributed by atoms with Crippen LogP contribution in [0.5, 0.6) is 0 Å². The first-order chi connectivity index (χ1) is 12.7. The average Bonchev–Trinajstić information content (AvgIpc) is 3.44. The normalized spacial score (nSPS) is 23.7. The number of hydrogen-bond donors (Lipinski definition) is 2. The molecule has 0 spiro atoms. The minimum atomic E-state index is -2.56. The number of anilines is 2. The molecule has 9 heteroatoms. The quantitative estimate of drug-likeness (QED) is 0.439. The summed E-state index contributed by atoms with van der Waals surface area (Å²) in [5.74, 6) is 6.91. The fraction of sp³-hybridized carbons (Fsp3) is 0.706. The Morgan fingerprint density at radius 2 is 1.35 bits per heavy atom. The molecule has 0 saturated carbocycles. The van der Waals surface area contributed by atoms with Crippen LogP contribution in [0.15, 0.2) is 18.3 Å². The molecule has 0 atom stereocenters. The molecule has 4 heterocycles. The van der Waals surface area contributed by atoms with Crippen LogP contribution in [0.2, 0.25) is 0 Å². The van der Waals surface area contributed by atoms with Crippen LogP contribution in [0.4, 0.5) is 11.5 Å². The molecule has 3 saturated heterocycles. The van der Waals surface area contributed by atoms with Crippen molar-refractivity contribution in [3.8, 4) is 0 Å². The second-order valence-corrected chi connectivity index (χ2v) is 10.7. The third kappa shape index (κ3) is 3.30. The maximum absolute atomic E-state index is 6.74. The van der Waals surface area contributed by atoms with Gasteiger partial charge in [-0.1, -0.05) is 0 Å². The fourth-order valence-corrected chi connectivity index (χ4v) is 9.16. The van der Waals surface area contributed by atoms with E-state index in [0.29, 0.717) is 11.5 Å². The second kappa shape index (κ2) is 7.92. The molecule has 0 bridgehead atoms. The number of rotatable bonds is 6. The number of aromatic nitrogens is 1. The van der Waals surface area contributed by atoms with E-state index in [9.17, 15) is 0 Å². The van der Waals surface area contributed by atoms with Gasteiger partial charge in [-0.2, -0.15) is 0 Å². The molecule has 0 amide bonds. The standard InChI is InChI=1S/C17H32N7OP/c18-16-8-7-9-20-17(16)24(19)25-26(21-10-1-2-11-21,22-12-3-4-13-22)23-14-5-6-15-23/h7-9,26H,1-6,10-15,18-19H2. The van der Waals surface area contributed by atoms with Gasteiger partial charge < -0.3 is 0 Å². The zero-order chi connectivity index (χ0) is 18.0. The zero-order valence-corrected chi connectivity index (χ0v) is 16.5. The molecular weight excluding hydrogens is 349 g/mol. The van der Waals surface area contributed by atoms with Crippen molar-refractivity contribution in [1.82, 2.24) is 19.0 Å². The molecule has 4 rings (SSSR count). The summed E-state index contributed by atoms with van der Waals surface area (Å²) in [5, 5.41) is 1.36. The molecule has 146 valence electrons. The van der Waals surface area contributed by atoms with Gasteiger partial charge in [-0.15, -0.1) is 0 Å². The van der Waals surface area contributed by atoms with Gasteiger partial charge in [-0.05, 0) is 0 Å². The molecule has 3 fully saturated rings. The molecule has 1 aromatic rings. The Labute approximate surface area is 156 Å². The van der Waals surface area contributed by atoms with E-state index in [1.165, 1.54) is 43.7 Å². The van der Waals surface area contributed by atoms with Gasteiger partial charge in [-0.3, -0.25) is 0 Å². The van der Waals surface area contributed by atoms with Crippen LogP contribution in [-0.2, 0) is 4.62 Å². The van der Waals surface area contributed by atoms with E-state index in [2.05, 4.69) is 19.0 Å². The Morgan fingerprint density at radius 1 is 0.885 bits per heavy atom. The average molecular weight is 381 g/mol. The van der Waals surface area contributed by atoms with Crippen LogP contribution in [0.3, 0.4) is 0 Å². The van der Waals surface area contributed by atoms with Crippen LogP contribution in [-0.4, -0.2) is 58.3 Å². The van der Waals surface area contributed by atoms with Crippen molar-refractivity contribution in [3.63, 3.8) is 0 Å². The number of pyridine rings is 1. The van der Waals surface area contributed by atoms with Crippen molar-refractivity contribution in [2.24, 2.45) is 5.84 Å². The maximum atomic E-state index is 6.74. The molecule has 0 unspecified atom stereocenters. The zero-order valence-electron chi connectivity index (χ0n) is 15.5. The summed E-state index contributed by atoms with van der Waals surface area (Å²) in [5.41, 5.74) is 6.65. The molecule has 4 N–H and O–H groups in total. The first kappa shape index (κ1) is 18.3. The number of nitrogens with two attached hydrogens (primary N) is 2. The second-order valence-electron chi connectivity index (χ2n) is 7.49. The van der Waals surface area contributed by atoms with Crippen molar-refractivity contribution in [3.05, 3.63) is 18.3 Å². The Bertz CT molecular complexity index is 560. The molecule has 8 nitrogen and oxygen atoms in total. The summed E-state index contributed by atoms with van der Waals surface area (Å²) in [4.78, 5) is 4.36. The van der Waals surface area contributed by atoms with E-state index in [4.69, 9.17) is 16.2 Å². The molecule has 0 aromatic carbocycles. The predicted molar refractivity (Wildman–Crippen MR) is 107 cm³/mol. The Hall–Kier alpha value is -1.02. The molecule has 3 aliphatic rings. The summed E-state index contributed by atoms with van der Waals surface area (Å²) in [6, 6.07) is 3.63. The summed E-state index contributed by atoms with van der Waals surface area (Å²) in [6.07, 6.45) is 9.10. The third-order valence-corrected chi connectivity index (χ3v) is 10.1. The SMILES string of the molecule is Nc1cccnc1N(N)O[PH](N1CCCC1)(N1CCCC1)N1CCCC1. The van der Waals surface area contributed by atoms with Gasteiger partial charge in [0.2, 0.25) is 0 Å². The summed E-state index contributed by atoms with van der Waals surface area (Å²) < 4.78 is 14.5. The monoisotopic (exact) mass is 381 g/mol. The Balaban J connectivity index is 1.69. The first-order valence-electron chi connectivity index (χ1n) is 9.91. The fourth-order valence-electron chi connectivity index (χ4n) is 4.57. The van der Waals surface area contributed by atoms with E-state index >= 15 is 0 Å². The number of nitrogen functional groups attached to an aromatic ring is 1. The van der Waals surface area contributed by atoms with Crippen molar-refractivity contribution < 1.29 is 4.62 Å². The first-order valence-corrected chi connectivity index (χ1v) is 11.7. The van der Waals surface area contributed by atoms with E-state index in [-0.39, 0.29) is 0 Å². The van der Waals surface area contributed by atoms with Gasteiger partial charge in [0.15, 0.2) is 0 Å². The van der Waals surface area contributed by atoms with Crippen molar-refractivity contribution in [1.29, 1.82) is 0 Å². The Kier molecular flexibility index (Phi) is 5.59. The Morgan fingerprint density at radius 3 is 1.77 bits per heavy atom. The van der Waals surface area contributed by atoms with Crippen LogP contribution >= 0.6 is 7.94 Å². The molecule has 26 heavy (non-hydrogen) atoms. The molecule has 0 aliphatic carbocycles. The van der Waals surface area contributed by atoms with Gasteiger partial charge in [0.05, 0.1) is 0 Å². The van der Waals surface area contributed by atoms with Crippen LogP contribution in [0, 0.1) is 0 Å². The summed E-state index contributed by atoms with van der Waals surface area (Å²) in [6.45, 7) is 6.53. The van der Waals surface area contributed by atoms with E-state index < -0.39 is 7.94 Å². The third-order valence-electron chi connectivity index (χ3n) is 5.80. The molecule has 0 radical (unpaired) electrons. The van der Waals surface area contributed by atoms with Crippen molar-refractivity contribution in [2.45, 2.75) is 38.5 Å². The van der Waals surface area contributed by atoms with Gasteiger partial charge in [-0.25, -0.2) is 0 Å². The number of hydrogen-bond acceptors (Lipinski definition) is 8. The van der Waals surface area contributed by atoms with Gasteiger partial charge in [0.1, 0.15) is 0 Å². The van der Waals surface area contributed by atoms with Crippen LogP contribution in [0.25, 0.3) is 0 Å². The van der Waals surface area contributed by atoms with Crippen molar-refractivity contribution >= 4 is 19.4 Å². The van der Waals surface area contributed by atoms with Crippen LogP contribution in [0.1, 0.15) is 38.5 Å². The minimum absolute atomic E-state index is 0.502. The summed E-state index contributed by atoms with van der Waals surface area (Å²) >= 11 is 0. The van der Waals surface area contributed by atoms with Gasteiger partial charge in [0, 0.05) is 0 Å². The van der Waals surface area contributed by atoms with E-state index in [0.717, 1.165) is 39.3 Å². The molecule has 3 aliphatic heterocycles. The predicted octanol–water partition coefficient (Wildman–Crippen LogP) is 1.97. The van der Waals surface area contributed by atoms with E-state index in [1.807, 2.05) is 12.1 Å². The number of nitrogens with zero attached hydrogens (tertiary/aromatic N) is 5. The topological polar surface area (TPSA) is 87.1 Å². The van der Waals surface area contributed by atoms with Crippen molar-refractivity contribution in [2.75, 3.05) is 50.2 Å². The number of hydrazine groups is 1. The van der Waals surface area contributed by atoms with Gasteiger partial charge in [0.25, 0.3) is 0 Å².